The van der Waals surface area contributed by atoms with Gasteiger partial charge in [-0.1, -0.05) is 12.1 Å². The van der Waals surface area contributed by atoms with Gasteiger partial charge >= 0.3 is 5.97 Å². The van der Waals surface area contributed by atoms with Crippen molar-refractivity contribution in [3.05, 3.63) is 36.0 Å². The molecule has 0 aliphatic heterocycles. The molecule has 0 unspecified atom stereocenters. The van der Waals surface area contributed by atoms with Crippen LogP contribution in [0, 0.1) is 0 Å². The second-order valence-corrected chi connectivity index (χ2v) is 3.36. The number of hydrogen-bond acceptors (Lipinski definition) is 5. The van der Waals surface area contributed by atoms with Gasteiger partial charge in [0.05, 0.1) is 18.4 Å². The lowest BCUT2D eigenvalue weighted by Crippen LogP contribution is -2.04. The van der Waals surface area contributed by atoms with E-state index >= 15 is 0 Å². The van der Waals surface area contributed by atoms with Gasteiger partial charge in [-0.15, -0.1) is 0 Å². The summed E-state index contributed by atoms with van der Waals surface area (Å²) in [5.74, 6) is 0.162. The Kier molecular flexibility index (Phi) is 3.09. The third kappa shape index (κ3) is 2.44. The number of ether oxygens (including phenoxy) is 1. The summed E-state index contributed by atoms with van der Waals surface area (Å²) < 4.78 is 10.1. The first-order valence-electron chi connectivity index (χ1n) is 5.19. The number of carbonyl (C=O) groups is 1. The van der Waals surface area contributed by atoms with Crippen LogP contribution in [0.5, 0.6) is 0 Å². The van der Waals surface area contributed by atoms with Crippen molar-refractivity contribution in [1.29, 1.82) is 0 Å². The minimum absolute atomic E-state index is 0.0986. The molecular weight excluding hydrogens is 220 g/mol. The maximum absolute atomic E-state index is 11.5. The molecule has 2 aromatic rings. The number of benzene rings is 1. The predicted octanol–water partition coefficient (Wildman–Crippen LogP) is 2.10. The Balaban J connectivity index is 2.31. The second kappa shape index (κ2) is 4.69. The first kappa shape index (κ1) is 11.2. The summed E-state index contributed by atoms with van der Waals surface area (Å²) in [4.78, 5) is 15.3. The van der Waals surface area contributed by atoms with Crippen molar-refractivity contribution < 1.29 is 13.9 Å². The number of oxazole rings is 1. The highest BCUT2D eigenvalue weighted by Gasteiger charge is 2.09. The zero-order chi connectivity index (χ0) is 12.3. The molecule has 1 aromatic heterocycles. The van der Waals surface area contributed by atoms with Crippen LogP contribution in [0.15, 0.2) is 34.9 Å². The molecule has 0 aliphatic rings. The van der Waals surface area contributed by atoms with E-state index in [1.54, 1.807) is 25.1 Å². The minimum atomic E-state index is -0.359. The van der Waals surface area contributed by atoms with Gasteiger partial charge < -0.3 is 14.9 Å². The van der Waals surface area contributed by atoms with Crippen LogP contribution in [-0.2, 0) is 4.74 Å². The van der Waals surface area contributed by atoms with E-state index in [9.17, 15) is 4.79 Å². The summed E-state index contributed by atoms with van der Waals surface area (Å²) in [6.45, 7) is 2.11. The Bertz CT molecular complexity index is 534. The van der Waals surface area contributed by atoms with Crippen molar-refractivity contribution in [2.24, 2.45) is 0 Å². The fourth-order valence-corrected chi connectivity index (χ4v) is 1.43. The molecule has 1 aromatic carbocycles. The zero-order valence-electron chi connectivity index (χ0n) is 9.34. The van der Waals surface area contributed by atoms with Gasteiger partial charge in [-0.3, -0.25) is 0 Å². The number of hydrogen-bond donors (Lipinski definition) is 1. The molecule has 0 bridgehead atoms. The van der Waals surface area contributed by atoms with Gasteiger partial charge in [0.1, 0.15) is 0 Å². The summed E-state index contributed by atoms with van der Waals surface area (Å²) in [6.07, 6.45) is 1.51. The second-order valence-electron chi connectivity index (χ2n) is 3.36. The normalized spacial score (nSPS) is 10.2. The quantitative estimate of drug-likeness (QED) is 0.820. The van der Waals surface area contributed by atoms with Gasteiger partial charge in [0, 0.05) is 5.56 Å². The summed E-state index contributed by atoms with van der Waals surface area (Å²) in [7, 11) is 0. The van der Waals surface area contributed by atoms with Crippen LogP contribution in [0.2, 0.25) is 0 Å². The van der Waals surface area contributed by atoms with Crippen molar-refractivity contribution in [3.63, 3.8) is 0 Å². The smallest absolute Gasteiger partial charge is 0.338 e. The molecule has 0 amide bonds. The van der Waals surface area contributed by atoms with Crippen LogP contribution in [0.1, 0.15) is 17.3 Å². The van der Waals surface area contributed by atoms with Crippen LogP contribution in [-0.4, -0.2) is 17.6 Å². The summed E-state index contributed by atoms with van der Waals surface area (Å²) >= 11 is 0. The van der Waals surface area contributed by atoms with Gasteiger partial charge in [-0.25, -0.2) is 9.78 Å². The highest BCUT2D eigenvalue weighted by atomic mass is 16.5. The van der Waals surface area contributed by atoms with Gasteiger partial charge in [0.2, 0.25) is 0 Å². The Labute approximate surface area is 98.2 Å². The van der Waals surface area contributed by atoms with Crippen LogP contribution >= 0.6 is 0 Å². The Morgan fingerprint density at radius 3 is 3.00 bits per heavy atom. The molecule has 2 rings (SSSR count). The molecule has 0 saturated carbocycles. The molecular formula is C12H12N2O3. The van der Waals surface area contributed by atoms with E-state index in [0.717, 1.165) is 5.56 Å². The van der Waals surface area contributed by atoms with E-state index in [-0.39, 0.29) is 12.0 Å². The third-order valence-corrected chi connectivity index (χ3v) is 2.18. The SMILES string of the molecule is CCOC(=O)c1cccc(-c2cnc(N)o2)c1. The molecule has 17 heavy (non-hydrogen) atoms. The number of esters is 1. The summed E-state index contributed by atoms with van der Waals surface area (Å²) in [5.41, 5.74) is 6.60. The van der Waals surface area contributed by atoms with Crippen LogP contribution in [0.4, 0.5) is 6.01 Å². The van der Waals surface area contributed by atoms with E-state index in [2.05, 4.69) is 4.98 Å². The lowest BCUT2D eigenvalue weighted by atomic mass is 10.1. The lowest BCUT2D eigenvalue weighted by molar-refractivity contribution is 0.0526. The highest BCUT2D eigenvalue weighted by Crippen LogP contribution is 2.22. The number of nitrogens with zero attached hydrogens (tertiary/aromatic N) is 1. The zero-order valence-corrected chi connectivity index (χ0v) is 9.34. The molecule has 5 nitrogen and oxygen atoms in total. The van der Waals surface area contributed by atoms with Crippen LogP contribution in [0.3, 0.4) is 0 Å². The van der Waals surface area contributed by atoms with Gasteiger partial charge in [0.15, 0.2) is 5.76 Å². The van der Waals surface area contributed by atoms with Gasteiger partial charge in [-0.05, 0) is 19.1 Å². The number of rotatable bonds is 3. The Hall–Kier alpha value is -2.30. The number of nitrogens with two attached hydrogens (primary N) is 1. The first-order chi connectivity index (χ1) is 8.20. The summed E-state index contributed by atoms with van der Waals surface area (Å²) in [6, 6.07) is 7.02. The molecule has 2 N–H and O–H groups in total. The van der Waals surface area contributed by atoms with Crippen molar-refractivity contribution in [3.8, 4) is 11.3 Å². The standard InChI is InChI=1S/C12H12N2O3/c1-2-16-11(15)9-5-3-4-8(6-9)10-7-14-12(13)17-10/h3-7H,2H2,1H3,(H2,13,14). The average molecular weight is 232 g/mol. The Morgan fingerprint density at radius 1 is 1.53 bits per heavy atom. The van der Waals surface area contributed by atoms with Gasteiger partial charge in [-0.2, -0.15) is 0 Å². The molecule has 0 saturated heterocycles. The molecule has 5 heteroatoms. The number of anilines is 1. The van der Waals surface area contributed by atoms with Crippen molar-refractivity contribution in [2.75, 3.05) is 12.3 Å². The molecule has 0 spiro atoms. The largest absolute Gasteiger partial charge is 0.462 e. The van der Waals surface area contributed by atoms with Crippen molar-refractivity contribution in [2.45, 2.75) is 6.92 Å². The fourth-order valence-electron chi connectivity index (χ4n) is 1.43. The van der Waals surface area contributed by atoms with E-state index < -0.39 is 0 Å². The molecule has 0 fully saturated rings. The van der Waals surface area contributed by atoms with Crippen LogP contribution in [0.25, 0.3) is 11.3 Å². The number of aromatic nitrogens is 1. The third-order valence-electron chi connectivity index (χ3n) is 2.18. The monoisotopic (exact) mass is 232 g/mol. The lowest BCUT2D eigenvalue weighted by Gasteiger charge is -2.02. The maximum Gasteiger partial charge on any atom is 0.338 e. The van der Waals surface area contributed by atoms with E-state index in [1.165, 1.54) is 6.20 Å². The molecule has 0 radical (unpaired) electrons. The molecule has 0 aliphatic carbocycles. The molecule has 0 atom stereocenters. The predicted molar refractivity (Wildman–Crippen MR) is 62.3 cm³/mol. The fraction of sp³-hybridized carbons (Fsp3) is 0.167. The van der Waals surface area contributed by atoms with Crippen molar-refractivity contribution >= 4 is 12.0 Å². The number of carbonyl (C=O) groups excluding carboxylic acids is 1. The number of nitrogen functional groups attached to an aromatic ring is 1. The van der Waals surface area contributed by atoms with E-state index in [0.29, 0.717) is 17.9 Å². The van der Waals surface area contributed by atoms with E-state index in [1.807, 2.05) is 6.07 Å². The molecule has 1 heterocycles. The summed E-state index contributed by atoms with van der Waals surface area (Å²) in [5, 5.41) is 0. The van der Waals surface area contributed by atoms with Crippen LogP contribution < -0.4 is 5.73 Å². The van der Waals surface area contributed by atoms with Gasteiger partial charge in [0.25, 0.3) is 6.01 Å². The maximum atomic E-state index is 11.5. The first-order valence-corrected chi connectivity index (χ1v) is 5.19. The Morgan fingerprint density at radius 2 is 2.35 bits per heavy atom. The molecule has 88 valence electrons. The highest BCUT2D eigenvalue weighted by molar-refractivity contribution is 5.90. The van der Waals surface area contributed by atoms with E-state index in [4.69, 9.17) is 14.9 Å². The van der Waals surface area contributed by atoms with Crippen molar-refractivity contribution in [1.82, 2.24) is 4.98 Å². The average Bonchev–Trinajstić information content (AvgIpc) is 2.76. The minimum Gasteiger partial charge on any atom is -0.462 e. The topological polar surface area (TPSA) is 78.3 Å².